The topological polar surface area (TPSA) is 145 Å². The summed E-state index contributed by atoms with van der Waals surface area (Å²) in [5.74, 6) is 0.881. The van der Waals surface area contributed by atoms with E-state index in [9.17, 15) is 13.5 Å². The Balaban J connectivity index is 1.88. The van der Waals surface area contributed by atoms with Crippen LogP contribution in [0, 0.1) is 0 Å². The Morgan fingerprint density at radius 1 is 1.18 bits per heavy atom. The normalized spacial score (nSPS) is 12.5. The minimum atomic E-state index is -3.40. The molecule has 0 radical (unpaired) electrons. The van der Waals surface area contributed by atoms with E-state index < -0.39 is 15.6 Å². The number of pyridine rings is 2. The predicted molar refractivity (Wildman–Crippen MR) is 133 cm³/mol. The summed E-state index contributed by atoms with van der Waals surface area (Å²) in [7, 11) is -3.40. The molecule has 1 aromatic carbocycles. The van der Waals surface area contributed by atoms with Crippen molar-refractivity contribution in [3.63, 3.8) is 0 Å². The molecule has 0 aliphatic rings. The first-order valence-corrected chi connectivity index (χ1v) is 12.7. The molecule has 4 aromatic rings. The number of nitrogens with two attached hydrogens (primary N) is 1. The third-order valence-electron chi connectivity index (χ3n) is 5.10. The molecule has 0 bridgehead atoms. The van der Waals surface area contributed by atoms with Crippen LogP contribution in [0.3, 0.4) is 0 Å². The number of hydrogen-bond donors (Lipinski definition) is 3. The number of fused-ring (bicyclic) bond motifs is 3. The van der Waals surface area contributed by atoms with Crippen molar-refractivity contribution in [1.82, 2.24) is 19.5 Å². The summed E-state index contributed by atoms with van der Waals surface area (Å²) in [6.45, 7) is 6.40. The number of aromatic nitrogens is 4. The quantitative estimate of drug-likeness (QED) is 0.346. The molecule has 0 saturated carbocycles. The molecule has 0 amide bonds. The number of benzene rings is 1. The molecule has 0 aliphatic carbocycles. The highest BCUT2D eigenvalue weighted by Gasteiger charge is 2.23. The van der Waals surface area contributed by atoms with E-state index in [0.717, 1.165) is 17.4 Å². The number of imidazole rings is 1. The molecule has 4 rings (SSSR count). The van der Waals surface area contributed by atoms with Gasteiger partial charge in [0, 0.05) is 24.1 Å². The second-order valence-electron chi connectivity index (χ2n) is 8.80. The second kappa shape index (κ2) is 8.82. The molecule has 0 aliphatic heterocycles. The Kier molecular flexibility index (Phi) is 6.19. The largest absolute Gasteiger partial charge is 0.389 e. The third-order valence-corrected chi connectivity index (χ3v) is 5.71. The lowest BCUT2D eigenvalue weighted by molar-refractivity contribution is 0.0582. The fraction of sp³-hybridized carbons (Fsp3) is 0.348. The summed E-state index contributed by atoms with van der Waals surface area (Å²) < 4.78 is 33.1. The highest BCUT2D eigenvalue weighted by molar-refractivity contribution is 7.92. The molecule has 10 nitrogen and oxygen atoms in total. The third kappa shape index (κ3) is 5.11. The minimum Gasteiger partial charge on any atom is -0.389 e. The van der Waals surface area contributed by atoms with Gasteiger partial charge in [-0.2, -0.15) is 0 Å². The molecule has 0 saturated heterocycles. The van der Waals surface area contributed by atoms with Gasteiger partial charge in [-0.1, -0.05) is 12.1 Å². The molecular weight excluding hydrogens is 456 g/mol. The SMILES string of the molecule is CCOCc1nc2c(N)nc3cc(-c4cccc(NS(C)(=O)=O)c4)cnc3c2n1CC(C)(C)O. The number of hydrogen-bond acceptors (Lipinski definition) is 8. The zero-order chi connectivity index (χ0) is 24.7. The fourth-order valence-corrected chi connectivity index (χ4v) is 4.37. The van der Waals surface area contributed by atoms with Crippen molar-refractivity contribution >= 4 is 43.6 Å². The van der Waals surface area contributed by atoms with Crippen molar-refractivity contribution in [2.75, 3.05) is 23.3 Å². The van der Waals surface area contributed by atoms with Crippen LogP contribution >= 0.6 is 0 Å². The highest BCUT2D eigenvalue weighted by Crippen LogP contribution is 2.32. The summed E-state index contributed by atoms with van der Waals surface area (Å²) in [6.07, 6.45) is 2.80. The minimum absolute atomic E-state index is 0.251. The molecule has 0 unspecified atom stereocenters. The number of sulfonamides is 1. The lowest BCUT2D eigenvalue weighted by Gasteiger charge is -2.20. The first kappa shape index (κ1) is 23.9. The number of nitrogens with one attached hydrogen (secondary N) is 1. The molecule has 11 heteroatoms. The Bertz CT molecular complexity index is 1470. The standard InChI is InChI=1S/C23H28N6O4S/c1-5-33-12-18-27-20-21(29(18)13-23(2,3)30)19-17(26-22(20)24)10-15(11-25-19)14-7-6-8-16(9-14)28-34(4,31)32/h6-11,28,30H,5,12-13H2,1-4H3,(H2,24,26). The summed E-state index contributed by atoms with van der Waals surface area (Å²) in [6, 6.07) is 8.87. The average molecular weight is 485 g/mol. The van der Waals surface area contributed by atoms with Crippen molar-refractivity contribution in [2.45, 2.75) is 39.5 Å². The van der Waals surface area contributed by atoms with Gasteiger partial charge in [0.1, 0.15) is 29.0 Å². The molecule has 180 valence electrons. The Labute approximate surface area is 197 Å². The zero-order valence-corrected chi connectivity index (χ0v) is 20.3. The van der Waals surface area contributed by atoms with Crippen molar-refractivity contribution in [3.8, 4) is 11.1 Å². The lowest BCUT2D eigenvalue weighted by Crippen LogP contribution is -2.27. The molecule has 0 spiro atoms. The van der Waals surface area contributed by atoms with Gasteiger partial charge in [0.2, 0.25) is 10.0 Å². The van der Waals surface area contributed by atoms with Crippen LogP contribution in [0.5, 0.6) is 0 Å². The van der Waals surface area contributed by atoms with Gasteiger partial charge in [-0.05, 0) is 44.5 Å². The summed E-state index contributed by atoms with van der Waals surface area (Å²) in [4.78, 5) is 13.8. The number of anilines is 2. The lowest BCUT2D eigenvalue weighted by atomic mass is 10.1. The van der Waals surface area contributed by atoms with Crippen molar-refractivity contribution in [3.05, 3.63) is 42.4 Å². The average Bonchev–Trinajstić information content (AvgIpc) is 3.08. The van der Waals surface area contributed by atoms with E-state index >= 15 is 0 Å². The van der Waals surface area contributed by atoms with Crippen LogP contribution in [0.2, 0.25) is 0 Å². The molecule has 0 atom stereocenters. The van der Waals surface area contributed by atoms with Gasteiger partial charge in [0.25, 0.3) is 0 Å². The maximum Gasteiger partial charge on any atom is 0.229 e. The van der Waals surface area contributed by atoms with Crippen LogP contribution < -0.4 is 10.5 Å². The molecule has 34 heavy (non-hydrogen) atoms. The van der Waals surface area contributed by atoms with Crippen molar-refractivity contribution in [2.24, 2.45) is 0 Å². The molecular formula is C23H28N6O4S. The first-order chi connectivity index (χ1) is 15.9. The van der Waals surface area contributed by atoms with E-state index in [1.54, 1.807) is 38.2 Å². The summed E-state index contributed by atoms with van der Waals surface area (Å²) >= 11 is 0. The van der Waals surface area contributed by atoms with Gasteiger partial charge in [-0.15, -0.1) is 0 Å². The first-order valence-electron chi connectivity index (χ1n) is 10.8. The highest BCUT2D eigenvalue weighted by atomic mass is 32.2. The van der Waals surface area contributed by atoms with E-state index in [0.29, 0.717) is 40.2 Å². The number of aliphatic hydroxyl groups is 1. The van der Waals surface area contributed by atoms with Crippen molar-refractivity contribution in [1.29, 1.82) is 0 Å². The zero-order valence-electron chi connectivity index (χ0n) is 19.5. The molecule has 0 fully saturated rings. The van der Waals surface area contributed by atoms with Gasteiger partial charge in [-0.25, -0.2) is 18.4 Å². The Morgan fingerprint density at radius 2 is 1.94 bits per heavy atom. The van der Waals surface area contributed by atoms with E-state index in [1.807, 2.05) is 23.6 Å². The van der Waals surface area contributed by atoms with E-state index in [2.05, 4.69) is 19.7 Å². The van der Waals surface area contributed by atoms with Gasteiger partial charge < -0.3 is 20.1 Å². The van der Waals surface area contributed by atoms with Crippen LogP contribution in [0.25, 0.3) is 33.2 Å². The number of nitrogen functional groups attached to an aromatic ring is 1. The number of nitrogens with zero attached hydrogens (tertiary/aromatic N) is 4. The van der Waals surface area contributed by atoms with Crippen LogP contribution in [0.15, 0.2) is 36.5 Å². The van der Waals surface area contributed by atoms with Crippen LogP contribution in [0.4, 0.5) is 11.5 Å². The Hall–Kier alpha value is -3.28. The van der Waals surface area contributed by atoms with Gasteiger partial charge in [-0.3, -0.25) is 9.71 Å². The van der Waals surface area contributed by atoms with E-state index in [-0.39, 0.29) is 19.0 Å². The van der Waals surface area contributed by atoms with Crippen molar-refractivity contribution < 1.29 is 18.3 Å². The van der Waals surface area contributed by atoms with Crippen LogP contribution in [-0.4, -0.2) is 51.5 Å². The van der Waals surface area contributed by atoms with Gasteiger partial charge >= 0.3 is 0 Å². The van der Waals surface area contributed by atoms with E-state index in [1.165, 1.54) is 0 Å². The van der Waals surface area contributed by atoms with Gasteiger partial charge in [0.15, 0.2) is 5.82 Å². The maximum absolute atomic E-state index is 11.6. The molecule has 3 aromatic heterocycles. The van der Waals surface area contributed by atoms with Crippen LogP contribution in [-0.2, 0) is 27.9 Å². The number of rotatable bonds is 8. The van der Waals surface area contributed by atoms with Gasteiger partial charge in [0.05, 0.1) is 23.9 Å². The predicted octanol–water partition coefficient (Wildman–Crippen LogP) is 2.91. The fourth-order valence-electron chi connectivity index (χ4n) is 3.82. The Morgan fingerprint density at radius 3 is 2.62 bits per heavy atom. The smallest absolute Gasteiger partial charge is 0.229 e. The molecule has 3 heterocycles. The van der Waals surface area contributed by atoms with E-state index in [4.69, 9.17) is 10.5 Å². The molecule has 4 N–H and O–H groups in total. The summed E-state index contributed by atoms with van der Waals surface area (Å²) in [5, 5.41) is 10.5. The van der Waals surface area contributed by atoms with Crippen LogP contribution in [0.1, 0.15) is 26.6 Å². The monoisotopic (exact) mass is 484 g/mol. The maximum atomic E-state index is 11.6. The summed E-state index contributed by atoms with van der Waals surface area (Å²) in [5.41, 5.74) is 9.58. The second-order valence-corrected chi connectivity index (χ2v) is 10.6. The number of ether oxygens (including phenoxy) is 1.